The van der Waals surface area contributed by atoms with Gasteiger partial charge in [0.25, 0.3) is 5.91 Å². The molecule has 1 saturated carbocycles. The van der Waals surface area contributed by atoms with E-state index in [1.165, 1.54) is 4.90 Å². The number of nitrogens with zero attached hydrogens (tertiary/aromatic N) is 3. The Kier molecular flexibility index (Phi) is 5.39. The number of rotatable bonds is 4. The van der Waals surface area contributed by atoms with E-state index in [0.29, 0.717) is 37.2 Å². The van der Waals surface area contributed by atoms with Gasteiger partial charge < -0.3 is 10.6 Å². The van der Waals surface area contributed by atoms with E-state index >= 15 is 0 Å². The molecule has 2 aliphatic heterocycles. The summed E-state index contributed by atoms with van der Waals surface area (Å²) in [7, 11) is 0. The molecule has 2 N–H and O–H groups in total. The fourth-order valence-electron chi connectivity index (χ4n) is 6.68. The highest BCUT2D eigenvalue weighted by Gasteiger charge is 2.52. The van der Waals surface area contributed by atoms with Crippen molar-refractivity contribution < 1.29 is 23.2 Å². The summed E-state index contributed by atoms with van der Waals surface area (Å²) in [6.45, 7) is -0.347. The number of aromatic nitrogens is 1. The Hall–Kier alpha value is -4.47. The number of hydrogen-bond acceptors (Lipinski definition) is 5. The molecule has 1 unspecified atom stereocenters. The van der Waals surface area contributed by atoms with E-state index in [4.69, 9.17) is 0 Å². The fourth-order valence-corrected chi connectivity index (χ4v) is 6.68. The molecule has 2 aromatic carbocycles. The summed E-state index contributed by atoms with van der Waals surface area (Å²) in [6, 6.07) is 12.3. The summed E-state index contributed by atoms with van der Waals surface area (Å²) in [6.07, 6.45) is 5.36. The fraction of sp³-hybridized carbons (Fsp3) is 0.300. The topological polar surface area (TPSA) is 104 Å². The normalized spacial score (nSPS) is 22.1. The molecular weight excluding hydrogens is 516 g/mol. The zero-order valence-electron chi connectivity index (χ0n) is 21.5. The van der Waals surface area contributed by atoms with Gasteiger partial charge in [-0.1, -0.05) is 25.0 Å². The Labute approximate surface area is 228 Å². The van der Waals surface area contributed by atoms with E-state index in [9.17, 15) is 23.2 Å². The summed E-state index contributed by atoms with van der Waals surface area (Å²) in [4.78, 5) is 49.9. The second-order valence-corrected chi connectivity index (χ2v) is 11.0. The molecule has 1 fully saturated rings. The van der Waals surface area contributed by atoms with Crippen LogP contribution in [0, 0.1) is 11.6 Å². The average molecular weight is 542 g/mol. The zero-order valence-corrected chi connectivity index (χ0v) is 21.5. The van der Waals surface area contributed by atoms with Crippen molar-refractivity contribution in [2.24, 2.45) is 4.99 Å². The predicted molar refractivity (Wildman–Crippen MR) is 143 cm³/mol. The number of pyridine rings is 1. The van der Waals surface area contributed by atoms with Crippen molar-refractivity contribution in [1.82, 2.24) is 9.88 Å². The van der Waals surface area contributed by atoms with Crippen LogP contribution in [0.1, 0.15) is 47.9 Å². The number of carbonyl (C=O) groups is 3. The van der Waals surface area contributed by atoms with Crippen molar-refractivity contribution >= 4 is 35.1 Å². The first kappa shape index (κ1) is 24.6. The van der Waals surface area contributed by atoms with Crippen LogP contribution < -0.4 is 10.6 Å². The minimum atomic E-state index is -0.993. The van der Waals surface area contributed by atoms with Gasteiger partial charge in [0.1, 0.15) is 35.4 Å². The number of nitrogens with one attached hydrogen (secondary N) is 2. The minimum Gasteiger partial charge on any atom is -0.325 e. The van der Waals surface area contributed by atoms with Crippen molar-refractivity contribution in [2.75, 3.05) is 17.2 Å². The lowest BCUT2D eigenvalue weighted by molar-refractivity contribution is -0.133. The van der Waals surface area contributed by atoms with Crippen molar-refractivity contribution in [1.29, 1.82) is 0 Å². The maximum atomic E-state index is 14.0. The van der Waals surface area contributed by atoms with Gasteiger partial charge in [-0.05, 0) is 67.1 Å². The van der Waals surface area contributed by atoms with Crippen LogP contribution in [-0.2, 0) is 32.6 Å². The van der Waals surface area contributed by atoms with Crippen LogP contribution in [-0.4, -0.2) is 45.5 Å². The van der Waals surface area contributed by atoms with E-state index in [1.54, 1.807) is 12.3 Å². The molecule has 1 atom stereocenters. The molecule has 10 heteroatoms. The number of hydrogen-bond donors (Lipinski definition) is 2. The first-order chi connectivity index (χ1) is 19.3. The lowest BCUT2D eigenvalue weighted by Crippen LogP contribution is -2.45. The molecule has 3 aromatic rings. The summed E-state index contributed by atoms with van der Waals surface area (Å²) in [5, 5.41) is 5.74. The standard InChI is InChI=1S/C30H25F2N5O3/c31-20-10-18(11-21(32)13-20)26-36-30(7-1-2-8-30)28(40)37(26)16-24(38)34-22-6-5-17-14-29(15-19(17)12-22)23-4-3-9-33-25(23)35-27(29)39/h3-6,9-13H,1-2,7-8,14-16H2,(H,34,38)(H,33,35,39). The second-order valence-electron chi connectivity index (χ2n) is 11.0. The molecule has 202 valence electrons. The third-order valence-corrected chi connectivity index (χ3v) is 8.54. The van der Waals surface area contributed by atoms with E-state index < -0.39 is 28.5 Å². The van der Waals surface area contributed by atoms with Crippen LogP contribution in [0.2, 0.25) is 0 Å². The monoisotopic (exact) mass is 541 g/mol. The van der Waals surface area contributed by atoms with Gasteiger partial charge in [-0.25, -0.2) is 13.8 Å². The number of aliphatic imine (C=N–C) groups is 1. The van der Waals surface area contributed by atoms with Gasteiger partial charge in [-0.15, -0.1) is 0 Å². The number of halogens is 2. The van der Waals surface area contributed by atoms with E-state index in [0.717, 1.165) is 47.7 Å². The molecule has 0 bridgehead atoms. The molecule has 3 amide bonds. The molecule has 4 aliphatic rings. The molecule has 7 rings (SSSR count). The van der Waals surface area contributed by atoms with Crippen LogP contribution in [0.5, 0.6) is 0 Å². The van der Waals surface area contributed by atoms with E-state index in [-0.39, 0.29) is 29.8 Å². The van der Waals surface area contributed by atoms with Crippen LogP contribution in [0.25, 0.3) is 0 Å². The van der Waals surface area contributed by atoms with Gasteiger partial charge in [0.2, 0.25) is 11.8 Å². The number of fused-ring (bicyclic) bond motifs is 3. The molecule has 3 heterocycles. The van der Waals surface area contributed by atoms with Gasteiger partial charge in [0, 0.05) is 29.1 Å². The summed E-state index contributed by atoms with van der Waals surface area (Å²) >= 11 is 0. The SMILES string of the molecule is O=C(CN1C(=O)C2(CCCC2)N=C1c1cc(F)cc(F)c1)Nc1ccc2c(c1)CC1(C2)C(=O)Nc2ncccc21. The number of benzene rings is 2. The smallest absolute Gasteiger partial charge is 0.256 e. The van der Waals surface area contributed by atoms with Crippen LogP contribution in [0.3, 0.4) is 0 Å². The van der Waals surface area contributed by atoms with E-state index in [2.05, 4.69) is 20.6 Å². The Balaban J connectivity index is 1.12. The van der Waals surface area contributed by atoms with Gasteiger partial charge in [-0.2, -0.15) is 0 Å². The molecule has 2 spiro atoms. The molecule has 40 heavy (non-hydrogen) atoms. The van der Waals surface area contributed by atoms with Gasteiger partial charge in [-0.3, -0.25) is 24.3 Å². The predicted octanol–water partition coefficient (Wildman–Crippen LogP) is 3.89. The maximum Gasteiger partial charge on any atom is 0.256 e. The summed E-state index contributed by atoms with van der Waals surface area (Å²) in [5.41, 5.74) is 1.77. The first-order valence-corrected chi connectivity index (χ1v) is 13.3. The number of amidine groups is 1. The van der Waals surface area contributed by atoms with Crippen LogP contribution in [0.15, 0.2) is 59.7 Å². The highest BCUT2D eigenvalue weighted by Crippen LogP contribution is 2.47. The Morgan fingerprint density at radius 3 is 2.52 bits per heavy atom. The third-order valence-electron chi connectivity index (χ3n) is 8.54. The quantitative estimate of drug-likeness (QED) is 0.523. The Morgan fingerprint density at radius 1 is 1.00 bits per heavy atom. The van der Waals surface area contributed by atoms with Gasteiger partial charge >= 0.3 is 0 Å². The number of anilines is 2. The summed E-state index contributed by atoms with van der Waals surface area (Å²) < 4.78 is 28.1. The highest BCUT2D eigenvalue weighted by atomic mass is 19.1. The summed E-state index contributed by atoms with van der Waals surface area (Å²) in [5.74, 6) is -1.75. The maximum absolute atomic E-state index is 14.0. The molecule has 8 nitrogen and oxygen atoms in total. The molecule has 0 radical (unpaired) electrons. The first-order valence-electron chi connectivity index (χ1n) is 13.3. The molecular formula is C30H25F2N5O3. The Morgan fingerprint density at radius 2 is 1.75 bits per heavy atom. The molecule has 2 aliphatic carbocycles. The largest absolute Gasteiger partial charge is 0.325 e. The number of amides is 3. The average Bonchev–Trinajstić information content (AvgIpc) is 3.67. The highest BCUT2D eigenvalue weighted by molar-refractivity contribution is 6.17. The van der Waals surface area contributed by atoms with Crippen molar-refractivity contribution in [3.8, 4) is 0 Å². The minimum absolute atomic E-state index is 0.0861. The lowest BCUT2D eigenvalue weighted by atomic mass is 9.79. The zero-order chi connectivity index (χ0) is 27.6. The van der Waals surface area contributed by atoms with Gasteiger partial charge in [0.05, 0.1) is 5.41 Å². The van der Waals surface area contributed by atoms with Crippen molar-refractivity contribution in [3.63, 3.8) is 0 Å². The lowest BCUT2D eigenvalue weighted by Gasteiger charge is -2.22. The van der Waals surface area contributed by atoms with Crippen LogP contribution >= 0.6 is 0 Å². The molecule has 1 aromatic heterocycles. The Bertz CT molecular complexity index is 1630. The second kappa shape index (κ2) is 8.77. The van der Waals surface area contributed by atoms with E-state index in [1.807, 2.05) is 24.3 Å². The van der Waals surface area contributed by atoms with Crippen molar-refractivity contribution in [3.05, 3.63) is 88.6 Å². The van der Waals surface area contributed by atoms with Crippen LogP contribution in [0.4, 0.5) is 20.3 Å². The number of carbonyl (C=O) groups excluding carboxylic acids is 3. The molecule has 0 saturated heterocycles. The van der Waals surface area contributed by atoms with Gasteiger partial charge in [0.15, 0.2) is 0 Å². The van der Waals surface area contributed by atoms with Crippen molar-refractivity contribution in [2.45, 2.75) is 49.5 Å². The third kappa shape index (κ3) is 3.73.